The van der Waals surface area contributed by atoms with E-state index < -0.39 is 0 Å². The Morgan fingerprint density at radius 1 is 0.852 bits per heavy atom. The molecule has 134 valence electrons. The summed E-state index contributed by atoms with van der Waals surface area (Å²) in [6, 6.07) is 17.2. The summed E-state index contributed by atoms with van der Waals surface area (Å²) in [5.41, 5.74) is 1.52. The minimum absolute atomic E-state index is 0.634. The number of anilines is 4. The summed E-state index contributed by atoms with van der Waals surface area (Å²) in [4.78, 5) is 17.9. The highest BCUT2D eigenvalue weighted by atomic mass is 15.3. The van der Waals surface area contributed by atoms with E-state index in [2.05, 4.69) is 36.1 Å². The molecular formula is C20H19N7. The molecule has 3 aromatic rings. The fraction of sp³-hybridized carbons (Fsp3) is 0.200. The van der Waals surface area contributed by atoms with Gasteiger partial charge in [-0.05, 0) is 42.5 Å². The maximum atomic E-state index is 8.89. The first kappa shape index (κ1) is 16.8. The molecule has 0 unspecified atom stereocenters. The van der Waals surface area contributed by atoms with Crippen LogP contribution in [-0.2, 0) is 0 Å². The number of hydrogen-bond acceptors (Lipinski definition) is 7. The van der Waals surface area contributed by atoms with Crippen LogP contribution in [0.3, 0.4) is 0 Å². The predicted molar refractivity (Wildman–Crippen MR) is 105 cm³/mol. The van der Waals surface area contributed by atoms with Gasteiger partial charge in [-0.25, -0.2) is 9.97 Å². The molecule has 27 heavy (non-hydrogen) atoms. The highest BCUT2D eigenvalue weighted by Crippen LogP contribution is 2.19. The Bertz CT molecular complexity index is 927. The van der Waals surface area contributed by atoms with Crippen LogP contribution in [0.2, 0.25) is 0 Å². The van der Waals surface area contributed by atoms with Crippen LogP contribution in [0.5, 0.6) is 0 Å². The zero-order chi connectivity index (χ0) is 18.5. The molecule has 2 aromatic heterocycles. The Balaban J connectivity index is 1.41. The lowest BCUT2D eigenvalue weighted by molar-refractivity contribution is 0.635. The fourth-order valence-electron chi connectivity index (χ4n) is 3.02. The number of rotatable bonds is 4. The average Bonchev–Trinajstić information content (AvgIpc) is 2.75. The van der Waals surface area contributed by atoms with Gasteiger partial charge in [-0.3, -0.25) is 0 Å². The van der Waals surface area contributed by atoms with Gasteiger partial charge in [0.05, 0.1) is 11.6 Å². The molecule has 7 nitrogen and oxygen atoms in total. The summed E-state index contributed by atoms with van der Waals surface area (Å²) in [6.07, 6.45) is 3.59. The first-order valence-corrected chi connectivity index (χ1v) is 8.83. The lowest BCUT2D eigenvalue weighted by atomic mass is 10.2. The first-order chi connectivity index (χ1) is 13.3. The van der Waals surface area contributed by atoms with Crippen molar-refractivity contribution in [1.82, 2.24) is 15.0 Å². The van der Waals surface area contributed by atoms with Crippen LogP contribution in [0.15, 0.2) is 60.9 Å². The lowest BCUT2D eigenvalue weighted by Gasteiger charge is -2.35. The molecule has 0 radical (unpaired) electrons. The molecule has 7 heteroatoms. The third-order valence-electron chi connectivity index (χ3n) is 4.47. The highest BCUT2D eigenvalue weighted by molar-refractivity contribution is 5.58. The van der Waals surface area contributed by atoms with Crippen LogP contribution in [0.4, 0.5) is 23.3 Å². The molecule has 0 bridgehead atoms. The molecule has 1 aromatic carbocycles. The molecule has 1 saturated heterocycles. The Hall–Kier alpha value is -3.66. The number of nitrogens with zero attached hydrogens (tertiary/aromatic N) is 6. The minimum atomic E-state index is 0.634. The van der Waals surface area contributed by atoms with E-state index in [1.54, 1.807) is 18.3 Å². The maximum absolute atomic E-state index is 8.89. The number of hydrogen-bond donors (Lipinski definition) is 1. The summed E-state index contributed by atoms with van der Waals surface area (Å²) in [5, 5.41) is 12.1. The second-order valence-corrected chi connectivity index (χ2v) is 6.22. The molecule has 0 spiro atoms. The smallest absolute Gasteiger partial charge is 0.227 e. The zero-order valence-electron chi connectivity index (χ0n) is 14.8. The van der Waals surface area contributed by atoms with E-state index in [1.165, 1.54) is 0 Å². The number of aromatic nitrogens is 3. The maximum Gasteiger partial charge on any atom is 0.227 e. The monoisotopic (exact) mass is 357 g/mol. The van der Waals surface area contributed by atoms with Crippen LogP contribution in [-0.4, -0.2) is 41.1 Å². The number of pyridine rings is 1. The van der Waals surface area contributed by atoms with Gasteiger partial charge in [-0.2, -0.15) is 10.2 Å². The second kappa shape index (κ2) is 7.70. The van der Waals surface area contributed by atoms with Gasteiger partial charge in [0.15, 0.2) is 0 Å². The topological polar surface area (TPSA) is 81.0 Å². The van der Waals surface area contributed by atoms with Crippen molar-refractivity contribution in [3.05, 3.63) is 66.5 Å². The Labute approximate surface area is 157 Å². The van der Waals surface area contributed by atoms with Crippen molar-refractivity contribution in [3.63, 3.8) is 0 Å². The molecule has 1 fully saturated rings. The van der Waals surface area contributed by atoms with E-state index in [0.717, 1.165) is 43.5 Å². The quantitative estimate of drug-likeness (QED) is 0.769. The van der Waals surface area contributed by atoms with Gasteiger partial charge in [0.1, 0.15) is 11.6 Å². The van der Waals surface area contributed by atoms with Crippen molar-refractivity contribution in [2.75, 3.05) is 41.3 Å². The van der Waals surface area contributed by atoms with Crippen LogP contribution >= 0.6 is 0 Å². The van der Waals surface area contributed by atoms with E-state index in [-0.39, 0.29) is 0 Å². The van der Waals surface area contributed by atoms with Gasteiger partial charge >= 0.3 is 0 Å². The van der Waals surface area contributed by atoms with E-state index in [9.17, 15) is 0 Å². The van der Waals surface area contributed by atoms with Crippen LogP contribution in [0.25, 0.3) is 0 Å². The minimum Gasteiger partial charge on any atom is -0.353 e. The molecule has 0 atom stereocenters. The molecule has 3 heterocycles. The van der Waals surface area contributed by atoms with E-state index in [1.807, 2.05) is 42.6 Å². The number of nitrogens with one attached hydrogen (secondary N) is 1. The SMILES string of the molecule is N#Cc1ccc(Nc2ccnc(N3CCN(c4ccccn4)CC3)n2)cc1. The Morgan fingerprint density at radius 3 is 2.33 bits per heavy atom. The predicted octanol–water partition coefficient (Wildman–Crippen LogP) is 2.81. The summed E-state index contributed by atoms with van der Waals surface area (Å²) in [6.45, 7) is 3.45. The van der Waals surface area contributed by atoms with E-state index in [4.69, 9.17) is 5.26 Å². The average molecular weight is 357 g/mol. The van der Waals surface area contributed by atoms with Crippen LogP contribution in [0.1, 0.15) is 5.56 Å². The van der Waals surface area contributed by atoms with Crippen molar-refractivity contribution in [1.29, 1.82) is 5.26 Å². The molecule has 1 aliphatic rings. The summed E-state index contributed by atoms with van der Waals surface area (Å²) in [7, 11) is 0. The van der Waals surface area contributed by atoms with Crippen LogP contribution in [0, 0.1) is 11.3 Å². The van der Waals surface area contributed by atoms with Gasteiger partial charge < -0.3 is 15.1 Å². The van der Waals surface area contributed by atoms with Gasteiger partial charge in [0.2, 0.25) is 5.95 Å². The van der Waals surface area contributed by atoms with Crippen molar-refractivity contribution in [2.24, 2.45) is 0 Å². The van der Waals surface area contributed by atoms with E-state index in [0.29, 0.717) is 11.5 Å². The molecular weight excluding hydrogens is 338 g/mol. The first-order valence-electron chi connectivity index (χ1n) is 8.83. The fourth-order valence-corrected chi connectivity index (χ4v) is 3.02. The van der Waals surface area contributed by atoms with E-state index >= 15 is 0 Å². The normalized spacial score (nSPS) is 13.9. The van der Waals surface area contributed by atoms with Crippen molar-refractivity contribution < 1.29 is 0 Å². The molecule has 0 saturated carbocycles. The third-order valence-corrected chi connectivity index (χ3v) is 4.47. The Kier molecular flexibility index (Phi) is 4.79. The molecule has 1 N–H and O–H groups in total. The van der Waals surface area contributed by atoms with Crippen molar-refractivity contribution in [2.45, 2.75) is 0 Å². The van der Waals surface area contributed by atoms with Gasteiger partial charge in [-0.1, -0.05) is 6.07 Å². The third kappa shape index (κ3) is 3.96. The molecule has 0 amide bonds. The lowest BCUT2D eigenvalue weighted by Crippen LogP contribution is -2.47. The van der Waals surface area contributed by atoms with Crippen LogP contribution < -0.4 is 15.1 Å². The van der Waals surface area contributed by atoms with Gasteiger partial charge in [0, 0.05) is 44.3 Å². The zero-order valence-corrected chi connectivity index (χ0v) is 14.8. The second-order valence-electron chi connectivity index (χ2n) is 6.22. The Morgan fingerprint density at radius 2 is 1.63 bits per heavy atom. The molecule has 1 aliphatic heterocycles. The highest BCUT2D eigenvalue weighted by Gasteiger charge is 2.20. The largest absolute Gasteiger partial charge is 0.353 e. The van der Waals surface area contributed by atoms with Crippen molar-refractivity contribution >= 4 is 23.3 Å². The summed E-state index contributed by atoms with van der Waals surface area (Å²) in [5.74, 6) is 2.46. The van der Waals surface area contributed by atoms with Gasteiger partial charge in [0.25, 0.3) is 0 Å². The molecule has 0 aliphatic carbocycles. The van der Waals surface area contributed by atoms with Gasteiger partial charge in [-0.15, -0.1) is 0 Å². The van der Waals surface area contributed by atoms with Crippen molar-refractivity contribution in [3.8, 4) is 6.07 Å². The summed E-state index contributed by atoms with van der Waals surface area (Å²) >= 11 is 0. The molecule has 4 rings (SSSR count). The standard InChI is InChI=1S/C20H19N7/c21-15-16-4-6-17(7-5-16)24-18-8-10-23-20(25-18)27-13-11-26(12-14-27)19-3-1-2-9-22-19/h1-10H,11-14H2,(H,23,24,25). The number of piperazine rings is 1. The summed E-state index contributed by atoms with van der Waals surface area (Å²) < 4.78 is 0. The number of benzene rings is 1. The number of nitriles is 1.